The fourth-order valence-electron chi connectivity index (χ4n) is 3.03. The summed E-state index contributed by atoms with van der Waals surface area (Å²) in [5.41, 5.74) is 8.81. The number of rotatable bonds is 4. The highest BCUT2D eigenvalue weighted by Gasteiger charge is 2.14. The predicted octanol–water partition coefficient (Wildman–Crippen LogP) is 3.06. The van der Waals surface area contributed by atoms with Crippen molar-refractivity contribution in [1.82, 2.24) is 20.1 Å². The number of fused-ring (bicyclic) bond motifs is 1. The van der Waals surface area contributed by atoms with Crippen LogP contribution in [0.5, 0.6) is 0 Å². The normalized spacial score (nSPS) is 15.3. The Morgan fingerprint density at radius 2 is 2.07 bits per heavy atom. The standard InChI is InChI=1S/C17H18N4O.C4H9NO.CH4/c1-3-21-16-14(11-20-21)12(2)15(10-18-16)17(22)19-9-13-7-5-4-6-8-13;5-4-1-2-6-3-4;/h4-8,10-11H,3,9H2,1-2H3,(H,19,22);4H,1-3,5H2;1H4/t;4-;/m.0./s1. The van der Waals surface area contributed by atoms with Crippen molar-refractivity contribution in [3.05, 3.63) is 59.4 Å². The second kappa shape index (κ2) is 10.7. The molecule has 3 aromatic rings. The topological polar surface area (TPSA) is 95.1 Å². The molecule has 29 heavy (non-hydrogen) atoms. The number of hydrogen-bond acceptors (Lipinski definition) is 5. The number of aryl methyl sites for hydroxylation is 2. The number of nitrogens with two attached hydrogens (primary N) is 1. The van der Waals surface area contributed by atoms with E-state index in [1.807, 2.05) is 48.9 Å². The Balaban J connectivity index is 0.000000369. The van der Waals surface area contributed by atoms with Gasteiger partial charge in [0, 0.05) is 37.3 Å². The summed E-state index contributed by atoms with van der Waals surface area (Å²) in [5, 5.41) is 8.15. The van der Waals surface area contributed by atoms with Gasteiger partial charge in [0.1, 0.15) is 0 Å². The number of nitrogens with one attached hydrogen (secondary N) is 1. The molecule has 4 rings (SSSR count). The molecule has 1 aromatic carbocycles. The van der Waals surface area contributed by atoms with E-state index in [1.165, 1.54) is 0 Å². The third kappa shape index (κ3) is 5.62. The molecule has 0 spiro atoms. The van der Waals surface area contributed by atoms with Crippen LogP contribution in [0, 0.1) is 6.92 Å². The van der Waals surface area contributed by atoms with E-state index in [4.69, 9.17) is 10.5 Å². The molecule has 1 atom stereocenters. The maximum Gasteiger partial charge on any atom is 0.253 e. The Morgan fingerprint density at radius 3 is 2.66 bits per heavy atom. The quantitative estimate of drug-likeness (QED) is 0.705. The first-order chi connectivity index (χ1) is 13.6. The molecule has 3 N–H and O–H groups in total. The average Bonchev–Trinajstić information content (AvgIpc) is 3.37. The molecule has 156 valence electrons. The zero-order chi connectivity index (χ0) is 19.9. The van der Waals surface area contributed by atoms with Crippen LogP contribution in [-0.4, -0.2) is 39.9 Å². The van der Waals surface area contributed by atoms with Gasteiger partial charge >= 0.3 is 0 Å². The van der Waals surface area contributed by atoms with Crippen molar-refractivity contribution in [2.75, 3.05) is 13.2 Å². The lowest BCUT2D eigenvalue weighted by Gasteiger charge is -2.08. The van der Waals surface area contributed by atoms with Gasteiger partial charge in [0.15, 0.2) is 5.65 Å². The molecule has 1 saturated heterocycles. The number of hydrogen-bond donors (Lipinski definition) is 2. The van der Waals surface area contributed by atoms with Crippen molar-refractivity contribution in [2.24, 2.45) is 5.73 Å². The zero-order valence-electron chi connectivity index (χ0n) is 16.4. The van der Waals surface area contributed by atoms with Gasteiger partial charge in [-0.3, -0.25) is 4.79 Å². The number of carbonyl (C=O) groups is 1. The second-order valence-corrected chi connectivity index (χ2v) is 6.79. The van der Waals surface area contributed by atoms with Crippen LogP contribution in [0.2, 0.25) is 0 Å². The lowest BCUT2D eigenvalue weighted by atomic mass is 10.1. The van der Waals surface area contributed by atoms with E-state index in [2.05, 4.69) is 15.4 Å². The highest BCUT2D eigenvalue weighted by molar-refractivity contribution is 5.99. The highest BCUT2D eigenvalue weighted by atomic mass is 16.5. The highest BCUT2D eigenvalue weighted by Crippen LogP contribution is 2.19. The van der Waals surface area contributed by atoms with Crippen molar-refractivity contribution in [1.29, 1.82) is 0 Å². The van der Waals surface area contributed by atoms with Crippen LogP contribution in [0.3, 0.4) is 0 Å². The fraction of sp³-hybridized carbons (Fsp3) is 0.409. The van der Waals surface area contributed by atoms with Crippen molar-refractivity contribution in [3.8, 4) is 0 Å². The van der Waals surface area contributed by atoms with Crippen molar-refractivity contribution in [3.63, 3.8) is 0 Å². The maximum absolute atomic E-state index is 12.4. The van der Waals surface area contributed by atoms with Crippen LogP contribution in [0.25, 0.3) is 11.0 Å². The minimum Gasteiger partial charge on any atom is -0.380 e. The Bertz CT molecular complexity index is 918. The molecule has 0 radical (unpaired) electrons. The number of pyridine rings is 1. The van der Waals surface area contributed by atoms with Gasteiger partial charge in [-0.1, -0.05) is 37.8 Å². The molecule has 1 aliphatic rings. The summed E-state index contributed by atoms with van der Waals surface area (Å²) in [7, 11) is 0. The van der Waals surface area contributed by atoms with E-state index < -0.39 is 0 Å². The van der Waals surface area contributed by atoms with E-state index in [-0.39, 0.29) is 13.3 Å². The summed E-state index contributed by atoms with van der Waals surface area (Å²) < 4.78 is 6.76. The molecule has 3 heterocycles. The van der Waals surface area contributed by atoms with Gasteiger partial charge in [0.2, 0.25) is 0 Å². The van der Waals surface area contributed by atoms with Crippen LogP contribution in [0.4, 0.5) is 0 Å². The van der Waals surface area contributed by atoms with Crippen LogP contribution in [0.1, 0.15) is 42.3 Å². The summed E-state index contributed by atoms with van der Waals surface area (Å²) in [6, 6.07) is 10.2. The average molecular weight is 398 g/mol. The number of aromatic nitrogens is 3. The number of carbonyl (C=O) groups excluding carboxylic acids is 1. The number of ether oxygens (including phenoxy) is 1. The Kier molecular flexibility index (Phi) is 8.30. The molecule has 7 nitrogen and oxygen atoms in total. The van der Waals surface area contributed by atoms with Crippen LogP contribution in [0.15, 0.2) is 42.7 Å². The summed E-state index contributed by atoms with van der Waals surface area (Å²) in [6.45, 7) is 6.84. The molecule has 1 aliphatic heterocycles. The zero-order valence-corrected chi connectivity index (χ0v) is 16.4. The van der Waals surface area contributed by atoms with E-state index in [1.54, 1.807) is 12.4 Å². The van der Waals surface area contributed by atoms with Gasteiger partial charge in [0.05, 0.1) is 18.4 Å². The molecular weight excluding hydrogens is 366 g/mol. The summed E-state index contributed by atoms with van der Waals surface area (Å²) in [4.78, 5) is 16.8. The van der Waals surface area contributed by atoms with Gasteiger partial charge < -0.3 is 15.8 Å². The van der Waals surface area contributed by atoms with E-state index in [9.17, 15) is 4.79 Å². The Labute approximate surface area is 172 Å². The van der Waals surface area contributed by atoms with Gasteiger partial charge in [-0.15, -0.1) is 0 Å². The smallest absolute Gasteiger partial charge is 0.253 e. The van der Waals surface area contributed by atoms with Crippen molar-refractivity contribution < 1.29 is 9.53 Å². The summed E-state index contributed by atoms with van der Waals surface area (Å²) in [6.07, 6.45) is 4.45. The fourth-order valence-corrected chi connectivity index (χ4v) is 3.03. The first kappa shape index (κ1) is 22.5. The van der Waals surface area contributed by atoms with Gasteiger partial charge in [-0.25, -0.2) is 9.67 Å². The van der Waals surface area contributed by atoms with Gasteiger partial charge in [0.25, 0.3) is 5.91 Å². The minimum absolute atomic E-state index is 0. The molecule has 1 fully saturated rings. The van der Waals surface area contributed by atoms with Crippen LogP contribution in [-0.2, 0) is 17.8 Å². The van der Waals surface area contributed by atoms with Crippen LogP contribution < -0.4 is 11.1 Å². The largest absolute Gasteiger partial charge is 0.380 e. The first-order valence-electron chi connectivity index (χ1n) is 9.56. The van der Waals surface area contributed by atoms with Gasteiger partial charge in [-0.2, -0.15) is 5.10 Å². The lowest BCUT2D eigenvalue weighted by molar-refractivity contribution is 0.0950. The monoisotopic (exact) mass is 397 g/mol. The molecular formula is C22H31N5O2. The molecule has 0 unspecified atom stereocenters. The molecule has 0 bridgehead atoms. The Morgan fingerprint density at radius 1 is 1.31 bits per heavy atom. The molecule has 0 aliphatic carbocycles. The molecule has 2 aromatic heterocycles. The molecule has 7 heteroatoms. The van der Waals surface area contributed by atoms with Gasteiger partial charge in [-0.05, 0) is 31.4 Å². The number of benzene rings is 1. The summed E-state index contributed by atoms with van der Waals surface area (Å²) >= 11 is 0. The first-order valence-corrected chi connectivity index (χ1v) is 9.56. The van der Waals surface area contributed by atoms with Crippen LogP contribution >= 0.6 is 0 Å². The van der Waals surface area contributed by atoms with E-state index in [0.29, 0.717) is 18.2 Å². The van der Waals surface area contributed by atoms with E-state index in [0.717, 1.165) is 48.3 Å². The summed E-state index contributed by atoms with van der Waals surface area (Å²) in [5.74, 6) is -0.111. The lowest BCUT2D eigenvalue weighted by Crippen LogP contribution is -2.23. The third-order valence-corrected chi connectivity index (χ3v) is 4.74. The van der Waals surface area contributed by atoms with Crippen molar-refractivity contribution in [2.45, 2.75) is 46.8 Å². The predicted molar refractivity (Wildman–Crippen MR) is 116 cm³/mol. The molecule has 1 amide bonds. The van der Waals surface area contributed by atoms with Crippen molar-refractivity contribution >= 4 is 16.9 Å². The second-order valence-electron chi connectivity index (χ2n) is 6.79. The SMILES string of the molecule is C.CCn1ncc2c(C)c(C(=O)NCc3ccccc3)cnc21.N[C@H]1CCOC1. The number of amides is 1. The maximum atomic E-state index is 12.4. The number of nitrogens with zero attached hydrogens (tertiary/aromatic N) is 3. The third-order valence-electron chi connectivity index (χ3n) is 4.74. The molecule has 0 saturated carbocycles. The van der Waals surface area contributed by atoms with E-state index >= 15 is 0 Å². The minimum atomic E-state index is -0.111. The Hall–Kier alpha value is -2.77.